The average molecular weight is 228 g/mol. The number of hydrogen-bond acceptors (Lipinski definition) is 3. The van der Waals surface area contributed by atoms with Crippen molar-refractivity contribution in [2.24, 2.45) is 5.92 Å². The molecular formula is C11H18ClN3. The predicted octanol–water partition coefficient (Wildman–Crippen LogP) is 2.70. The fraction of sp³-hybridized carbons (Fsp3) is 0.636. The maximum atomic E-state index is 5.68. The third kappa shape index (κ3) is 3.67. The van der Waals surface area contributed by atoms with E-state index in [0.29, 0.717) is 11.8 Å². The van der Waals surface area contributed by atoms with Crippen LogP contribution >= 0.6 is 11.6 Å². The summed E-state index contributed by atoms with van der Waals surface area (Å²) >= 11 is 5.68. The summed E-state index contributed by atoms with van der Waals surface area (Å²) in [5.41, 5.74) is 0.959. The summed E-state index contributed by atoms with van der Waals surface area (Å²) in [4.78, 5) is 10.8. The Hall–Kier alpha value is -0.830. The van der Waals surface area contributed by atoms with Crippen LogP contribution in [0.25, 0.3) is 0 Å². The lowest BCUT2D eigenvalue weighted by atomic mass is 10.2. The molecule has 1 heterocycles. The van der Waals surface area contributed by atoms with Crippen LogP contribution in [-0.4, -0.2) is 23.1 Å². The van der Waals surface area contributed by atoms with Crippen LogP contribution in [0, 0.1) is 5.92 Å². The summed E-state index contributed by atoms with van der Waals surface area (Å²) in [6, 6.07) is 0. The molecule has 1 rings (SSSR count). The molecule has 0 saturated carbocycles. The molecule has 4 heteroatoms. The average Bonchev–Trinajstić information content (AvgIpc) is 2.26. The number of hydrogen-bond donors (Lipinski definition) is 0. The maximum absolute atomic E-state index is 5.68. The van der Waals surface area contributed by atoms with Gasteiger partial charge in [-0.25, -0.2) is 9.97 Å². The molecule has 0 aliphatic rings. The molecule has 0 spiro atoms. The zero-order chi connectivity index (χ0) is 11.3. The first-order chi connectivity index (χ1) is 7.17. The standard InChI is InChI=1S/C11H18ClN3/c1-4-15(8-9(2)3)11-13-6-10(5-12)7-14-11/h6-7,9H,4-5,8H2,1-3H3. The number of rotatable bonds is 5. The second-order valence-corrected chi connectivity index (χ2v) is 4.22. The molecule has 0 atom stereocenters. The summed E-state index contributed by atoms with van der Waals surface area (Å²) in [5, 5.41) is 0. The van der Waals surface area contributed by atoms with E-state index < -0.39 is 0 Å². The number of halogens is 1. The van der Waals surface area contributed by atoms with E-state index in [1.807, 2.05) is 0 Å². The first kappa shape index (κ1) is 12.2. The van der Waals surface area contributed by atoms with E-state index >= 15 is 0 Å². The first-order valence-electron chi connectivity index (χ1n) is 5.29. The molecule has 0 aliphatic carbocycles. The Bertz CT molecular complexity index is 284. The highest BCUT2D eigenvalue weighted by Crippen LogP contribution is 2.10. The SMILES string of the molecule is CCN(CC(C)C)c1ncc(CCl)cn1. The van der Waals surface area contributed by atoms with E-state index in [-0.39, 0.29) is 0 Å². The highest BCUT2D eigenvalue weighted by Gasteiger charge is 2.08. The Kier molecular flexibility index (Phi) is 4.82. The van der Waals surface area contributed by atoms with Gasteiger partial charge in [-0.2, -0.15) is 0 Å². The fourth-order valence-electron chi connectivity index (χ4n) is 1.37. The van der Waals surface area contributed by atoms with E-state index in [9.17, 15) is 0 Å². The van der Waals surface area contributed by atoms with Crippen molar-refractivity contribution in [2.75, 3.05) is 18.0 Å². The van der Waals surface area contributed by atoms with Gasteiger partial charge in [0.1, 0.15) is 0 Å². The van der Waals surface area contributed by atoms with Gasteiger partial charge in [0.25, 0.3) is 0 Å². The molecule has 0 amide bonds. The first-order valence-corrected chi connectivity index (χ1v) is 5.82. The van der Waals surface area contributed by atoms with Gasteiger partial charge >= 0.3 is 0 Å². The minimum absolute atomic E-state index is 0.469. The monoisotopic (exact) mass is 227 g/mol. The van der Waals surface area contributed by atoms with Crippen molar-refractivity contribution in [1.29, 1.82) is 0 Å². The summed E-state index contributed by atoms with van der Waals surface area (Å²) in [6.07, 6.45) is 3.58. The van der Waals surface area contributed by atoms with Crippen molar-refractivity contribution >= 4 is 17.5 Å². The lowest BCUT2D eigenvalue weighted by Crippen LogP contribution is -2.28. The van der Waals surface area contributed by atoms with Gasteiger partial charge in [-0.1, -0.05) is 13.8 Å². The van der Waals surface area contributed by atoms with Crippen LogP contribution in [0.15, 0.2) is 12.4 Å². The molecule has 84 valence electrons. The van der Waals surface area contributed by atoms with Crippen LogP contribution < -0.4 is 4.90 Å². The van der Waals surface area contributed by atoms with Gasteiger partial charge in [0, 0.05) is 31.0 Å². The van der Waals surface area contributed by atoms with Crippen molar-refractivity contribution < 1.29 is 0 Å². The van der Waals surface area contributed by atoms with E-state index in [4.69, 9.17) is 11.6 Å². The molecule has 3 nitrogen and oxygen atoms in total. The van der Waals surface area contributed by atoms with Crippen LogP contribution in [0.5, 0.6) is 0 Å². The molecule has 0 radical (unpaired) electrons. The van der Waals surface area contributed by atoms with Crippen molar-refractivity contribution in [2.45, 2.75) is 26.7 Å². The number of alkyl halides is 1. The second kappa shape index (κ2) is 5.91. The molecule has 0 aromatic carbocycles. The zero-order valence-electron chi connectivity index (χ0n) is 9.57. The molecule has 0 fully saturated rings. The van der Waals surface area contributed by atoms with Crippen molar-refractivity contribution in [3.05, 3.63) is 18.0 Å². The van der Waals surface area contributed by atoms with Gasteiger partial charge in [0.2, 0.25) is 5.95 Å². The van der Waals surface area contributed by atoms with E-state index in [1.165, 1.54) is 0 Å². The summed E-state index contributed by atoms with van der Waals surface area (Å²) < 4.78 is 0. The van der Waals surface area contributed by atoms with Crippen LogP contribution in [0.1, 0.15) is 26.3 Å². The van der Waals surface area contributed by atoms with Gasteiger partial charge < -0.3 is 4.90 Å². The second-order valence-electron chi connectivity index (χ2n) is 3.96. The van der Waals surface area contributed by atoms with Gasteiger partial charge in [-0.05, 0) is 12.8 Å². The lowest BCUT2D eigenvalue weighted by molar-refractivity contribution is 0.609. The summed E-state index contributed by atoms with van der Waals surface area (Å²) in [7, 11) is 0. The highest BCUT2D eigenvalue weighted by atomic mass is 35.5. The molecule has 15 heavy (non-hydrogen) atoms. The molecule has 1 aromatic heterocycles. The van der Waals surface area contributed by atoms with E-state index in [2.05, 4.69) is 35.6 Å². The van der Waals surface area contributed by atoms with Crippen LogP contribution in [-0.2, 0) is 5.88 Å². The highest BCUT2D eigenvalue weighted by molar-refractivity contribution is 6.17. The molecule has 1 aromatic rings. The molecule has 0 saturated heterocycles. The molecule has 0 aliphatic heterocycles. The Morgan fingerprint density at radius 2 is 1.93 bits per heavy atom. The normalized spacial score (nSPS) is 10.7. The smallest absolute Gasteiger partial charge is 0.225 e. The summed E-state index contributed by atoms with van der Waals surface area (Å²) in [5.74, 6) is 1.87. The Balaban J connectivity index is 2.74. The fourth-order valence-corrected chi connectivity index (χ4v) is 1.51. The van der Waals surface area contributed by atoms with Crippen molar-refractivity contribution in [1.82, 2.24) is 9.97 Å². The largest absolute Gasteiger partial charge is 0.341 e. The van der Waals surface area contributed by atoms with E-state index in [0.717, 1.165) is 24.6 Å². The maximum Gasteiger partial charge on any atom is 0.225 e. The van der Waals surface area contributed by atoms with Gasteiger partial charge in [-0.15, -0.1) is 11.6 Å². The minimum Gasteiger partial charge on any atom is -0.341 e. The third-order valence-electron chi connectivity index (χ3n) is 2.10. The zero-order valence-corrected chi connectivity index (χ0v) is 10.3. The van der Waals surface area contributed by atoms with Gasteiger partial charge in [0.05, 0.1) is 5.88 Å². The minimum atomic E-state index is 0.469. The number of anilines is 1. The van der Waals surface area contributed by atoms with Gasteiger partial charge in [-0.3, -0.25) is 0 Å². The Morgan fingerprint density at radius 1 is 1.33 bits per heavy atom. The molecule has 0 N–H and O–H groups in total. The number of nitrogens with zero attached hydrogens (tertiary/aromatic N) is 3. The van der Waals surface area contributed by atoms with Crippen molar-refractivity contribution in [3.8, 4) is 0 Å². The summed E-state index contributed by atoms with van der Waals surface area (Å²) in [6.45, 7) is 8.40. The Morgan fingerprint density at radius 3 is 2.33 bits per heavy atom. The Labute approximate surface area is 96.5 Å². The topological polar surface area (TPSA) is 29.0 Å². The molecule has 0 bridgehead atoms. The quantitative estimate of drug-likeness (QED) is 0.725. The predicted molar refractivity (Wildman–Crippen MR) is 64.3 cm³/mol. The third-order valence-corrected chi connectivity index (χ3v) is 2.40. The van der Waals surface area contributed by atoms with Crippen LogP contribution in [0.2, 0.25) is 0 Å². The van der Waals surface area contributed by atoms with Crippen LogP contribution in [0.3, 0.4) is 0 Å². The number of aromatic nitrogens is 2. The van der Waals surface area contributed by atoms with Crippen molar-refractivity contribution in [3.63, 3.8) is 0 Å². The lowest BCUT2D eigenvalue weighted by Gasteiger charge is -2.22. The molecule has 0 unspecified atom stereocenters. The van der Waals surface area contributed by atoms with Gasteiger partial charge in [0.15, 0.2) is 0 Å². The molecular weight excluding hydrogens is 210 g/mol. The van der Waals surface area contributed by atoms with E-state index in [1.54, 1.807) is 12.4 Å². The van der Waals surface area contributed by atoms with Crippen LogP contribution in [0.4, 0.5) is 5.95 Å².